The fourth-order valence-electron chi connectivity index (χ4n) is 1.09. The molecule has 2 aromatic rings. The smallest absolute Gasteiger partial charge is 0.265 e. The Hall–Kier alpha value is -1.69. The molecule has 0 aromatic carbocycles. The van der Waals surface area contributed by atoms with Crippen LogP contribution in [0.4, 0.5) is 25.2 Å². The van der Waals surface area contributed by atoms with E-state index in [-0.39, 0.29) is 1.43 Å². The first-order chi connectivity index (χ1) is 8.42. The van der Waals surface area contributed by atoms with E-state index in [9.17, 15) is 25.2 Å². The van der Waals surface area contributed by atoms with E-state index in [0.717, 1.165) is 0 Å². The molecule has 19 heavy (non-hydrogen) atoms. The molecule has 2 rings (SSSR count). The zero-order valence-corrected chi connectivity index (χ0v) is 10.1. The van der Waals surface area contributed by atoms with E-state index in [1.807, 2.05) is 24.3 Å². The van der Waals surface area contributed by atoms with Gasteiger partial charge in [-0.2, -0.15) is 0 Å². The molecule has 9 heteroatoms. The molecule has 106 valence electrons. The second-order valence-corrected chi connectivity index (χ2v) is 5.35. The van der Waals surface area contributed by atoms with Crippen LogP contribution >= 0.6 is 7.81 Å². The monoisotopic (exact) mass is 302 g/mol. The molecule has 0 N–H and O–H groups in total. The SMILES string of the molecule is F[P-](F)(F)(F)(F)F.[H+].c1cc(-c2ccncc2)ccn1. The Labute approximate surface area is 105 Å². The van der Waals surface area contributed by atoms with Crippen LogP contribution in [-0.2, 0) is 0 Å². The van der Waals surface area contributed by atoms with Crippen LogP contribution in [0, 0.1) is 0 Å². The Morgan fingerprint density at radius 3 is 1.05 bits per heavy atom. The average Bonchev–Trinajstić information content (AvgIpc) is 2.27. The summed E-state index contributed by atoms with van der Waals surface area (Å²) in [7, 11) is -10.7. The third kappa shape index (κ3) is 9.96. The fraction of sp³-hybridized carbons (Fsp3) is 0. The minimum Gasteiger partial charge on any atom is -0.265 e. The van der Waals surface area contributed by atoms with Crippen molar-refractivity contribution in [1.82, 2.24) is 9.97 Å². The summed E-state index contributed by atoms with van der Waals surface area (Å²) >= 11 is 0. The quantitative estimate of drug-likeness (QED) is 0.503. The summed E-state index contributed by atoms with van der Waals surface area (Å²) in [5, 5.41) is 0. The van der Waals surface area contributed by atoms with E-state index in [1.54, 1.807) is 24.8 Å². The second-order valence-electron chi connectivity index (χ2n) is 3.43. The van der Waals surface area contributed by atoms with Crippen molar-refractivity contribution >= 4 is 7.81 Å². The number of nitrogens with zero attached hydrogens (tertiary/aromatic N) is 2. The summed E-state index contributed by atoms with van der Waals surface area (Å²) in [5.41, 5.74) is 2.35. The first-order valence-electron chi connectivity index (χ1n) is 4.79. The Balaban J connectivity index is 0.000000396. The van der Waals surface area contributed by atoms with Crippen LogP contribution < -0.4 is 0 Å². The van der Waals surface area contributed by atoms with Crippen molar-refractivity contribution in [1.29, 1.82) is 0 Å². The van der Waals surface area contributed by atoms with E-state index in [1.165, 1.54) is 11.1 Å². The summed E-state index contributed by atoms with van der Waals surface area (Å²) in [6.45, 7) is 0. The van der Waals surface area contributed by atoms with Gasteiger partial charge in [-0.1, -0.05) is 0 Å². The van der Waals surface area contributed by atoms with Crippen molar-refractivity contribution in [2.24, 2.45) is 0 Å². The van der Waals surface area contributed by atoms with Gasteiger partial charge in [-0.25, -0.2) is 0 Å². The molecule has 0 radical (unpaired) electrons. The number of pyridine rings is 2. The first-order valence-corrected chi connectivity index (χ1v) is 6.81. The molecule has 0 fully saturated rings. The van der Waals surface area contributed by atoms with Crippen molar-refractivity contribution in [3.05, 3.63) is 49.1 Å². The van der Waals surface area contributed by atoms with Gasteiger partial charge in [-0.15, -0.1) is 0 Å². The molecular formula is C10H9F6N2P. The zero-order chi connectivity index (χ0) is 14.6. The predicted molar refractivity (Wildman–Crippen MR) is 62.1 cm³/mol. The van der Waals surface area contributed by atoms with Crippen LogP contribution in [0.5, 0.6) is 0 Å². The number of halogens is 6. The van der Waals surface area contributed by atoms with Gasteiger partial charge in [0.2, 0.25) is 0 Å². The predicted octanol–water partition coefficient (Wildman–Crippen LogP) is 5.64. The fourth-order valence-corrected chi connectivity index (χ4v) is 1.09. The normalized spacial score (nSPS) is 14.6. The van der Waals surface area contributed by atoms with Crippen LogP contribution in [0.3, 0.4) is 0 Å². The molecule has 0 amide bonds. The standard InChI is InChI=1S/C10H8N2.F6P/c1-5-11-6-2-9(1)10-3-7-12-8-4-10;1-7(2,3,4,5)6/h1-8H;/q;-1/p+1. The van der Waals surface area contributed by atoms with Crippen LogP contribution in [-0.4, -0.2) is 9.97 Å². The van der Waals surface area contributed by atoms with Crippen LogP contribution in [0.15, 0.2) is 49.1 Å². The first kappa shape index (κ1) is 15.4. The molecule has 0 atom stereocenters. The van der Waals surface area contributed by atoms with Crippen molar-refractivity contribution in [3.8, 4) is 11.1 Å². The molecule has 0 bridgehead atoms. The van der Waals surface area contributed by atoms with Gasteiger partial charge in [0.05, 0.1) is 0 Å². The van der Waals surface area contributed by atoms with Crippen LogP contribution in [0.1, 0.15) is 1.43 Å². The number of rotatable bonds is 1. The molecule has 0 aliphatic rings. The van der Waals surface area contributed by atoms with Crippen molar-refractivity contribution in [2.75, 3.05) is 0 Å². The molecule has 0 unspecified atom stereocenters. The van der Waals surface area contributed by atoms with Gasteiger partial charge in [-0.3, -0.25) is 9.97 Å². The maximum Gasteiger partial charge on any atom is 1.00 e. The van der Waals surface area contributed by atoms with Crippen molar-refractivity contribution in [2.45, 2.75) is 0 Å². The van der Waals surface area contributed by atoms with Gasteiger partial charge in [0, 0.05) is 24.8 Å². The molecule has 0 saturated carbocycles. The van der Waals surface area contributed by atoms with Gasteiger partial charge in [0.25, 0.3) is 0 Å². The molecule has 0 aliphatic heterocycles. The summed E-state index contributed by atoms with van der Waals surface area (Å²) in [5.74, 6) is 0. The zero-order valence-electron chi connectivity index (χ0n) is 10.2. The van der Waals surface area contributed by atoms with E-state index >= 15 is 0 Å². The Bertz CT molecular complexity index is 482. The molecule has 0 spiro atoms. The third-order valence-corrected chi connectivity index (χ3v) is 1.69. The van der Waals surface area contributed by atoms with Gasteiger partial charge in [0.15, 0.2) is 0 Å². The summed E-state index contributed by atoms with van der Waals surface area (Å²) in [6, 6.07) is 7.93. The van der Waals surface area contributed by atoms with Gasteiger partial charge in [0.1, 0.15) is 0 Å². The van der Waals surface area contributed by atoms with Gasteiger partial charge in [-0.05, 0) is 35.4 Å². The largest absolute Gasteiger partial charge is 1.00 e. The third-order valence-electron chi connectivity index (χ3n) is 1.69. The summed E-state index contributed by atoms with van der Waals surface area (Å²) in [4.78, 5) is 7.91. The minimum atomic E-state index is -10.7. The summed E-state index contributed by atoms with van der Waals surface area (Å²) in [6.07, 6.45) is 7.15. The molecular weight excluding hydrogens is 293 g/mol. The Morgan fingerprint density at radius 2 is 0.842 bits per heavy atom. The van der Waals surface area contributed by atoms with E-state index in [2.05, 4.69) is 9.97 Å². The number of hydrogen-bond acceptors (Lipinski definition) is 2. The van der Waals surface area contributed by atoms with Crippen LogP contribution in [0.2, 0.25) is 0 Å². The average molecular weight is 302 g/mol. The Kier molecular flexibility index (Phi) is 3.60. The Morgan fingerprint density at radius 1 is 0.632 bits per heavy atom. The van der Waals surface area contributed by atoms with E-state index in [4.69, 9.17) is 0 Å². The number of aromatic nitrogens is 2. The van der Waals surface area contributed by atoms with E-state index in [0.29, 0.717) is 0 Å². The molecule has 2 heterocycles. The van der Waals surface area contributed by atoms with Crippen molar-refractivity contribution < 1.29 is 26.6 Å². The maximum atomic E-state index is 9.87. The van der Waals surface area contributed by atoms with Gasteiger partial charge >= 0.3 is 34.4 Å². The van der Waals surface area contributed by atoms with Gasteiger partial charge < -0.3 is 0 Å². The minimum absolute atomic E-state index is 0. The number of hydrogen-bond donors (Lipinski definition) is 0. The van der Waals surface area contributed by atoms with Crippen molar-refractivity contribution in [3.63, 3.8) is 0 Å². The molecule has 2 nitrogen and oxygen atoms in total. The van der Waals surface area contributed by atoms with E-state index < -0.39 is 7.81 Å². The topological polar surface area (TPSA) is 25.8 Å². The molecule has 2 aromatic heterocycles. The second kappa shape index (κ2) is 4.45. The summed E-state index contributed by atoms with van der Waals surface area (Å²) < 4.78 is 59.2. The maximum absolute atomic E-state index is 10.7. The van der Waals surface area contributed by atoms with Crippen LogP contribution in [0.25, 0.3) is 11.1 Å². The molecule has 0 aliphatic carbocycles. The molecule has 0 saturated heterocycles.